The van der Waals surface area contributed by atoms with Crippen molar-refractivity contribution in [2.24, 2.45) is 0 Å². The minimum atomic E-state index is -1.03. The number of anilines is 1. The molecule has 2 N–H and O–H groups in total. The molecule has 3 rings (SSSR count). The first-order valence-electron chi connectivity index (χ1n) is 5.56. The molecule has 0 aliphatic rings. The lowest BCUT2D eigenvalue weighted by molar-refractivity contribution is 0.514. The lowest BCUT2D eigenvalue weighted by atomic mass is 10.2. The molecule has 20 heavy (non-hydrogen) atoms. The zero-order valence-electron chi connectivity index (χ0n) is 9.87. The molecule has 102 valence electrons. The van der Waals surface area contributed by atoms with Crippen LogP contribution in [0.3, 0.4) is 0 Å². The smallest absolute Gasteiger partial charge is 0.206 e. The highest BCUT2D eigenvalue weighted by molar-refractivity contribution is 6.34. The van der Waals surface area contributed by atoms with Crippen molar-refractivity contribution < 1.29 is 8.78 Å². The summed E-state index contributed by atoms with van der Waals surface area (Å²) in [4.78, 5) is 4.00. The van der Waals surface area contributed by atoms with Crippen molar-refractivity contribution in [3.8, 4) is 5.69 Å². The molecular formula is C13H7Cl2F2N3. The zero-order valence-corrected chi connectivity index (χ0v) is 11.4. The summed E-state index contributed by atoms with van der Waals surface area (Å²) in [6, 6.07) is 6.95. The molecule has 0 aliphatic carbocycles. The molecule has 0 amide bonds. The van der Waals surface area contributed by atoms with Crippen molar-refractivity contribution in [3.05, 3.63) is 52.0 Å². The third kappa shape index (κ3) is 1.99. The fourth-order valence-corrected chi connectivity index (χ4v) is 2.56. The Morgan fingerprint density at radius 3 is 2.35 bits per heavy atom. The van der Waals surface area contributed by atoms with Crippen LogP contribution in [0.5, 0.6) is 0 Å². The summed E-state index contributed by atoms with van der Waals surface area (Å²) in [6.45, 7) is 0. The van der Waals surface area contributed by atoms with Gasteiger partial charge >= 0.3 is 0 Å². The van der Waals surface area contributed by atoms with E-state index < -0.39 is 11.6 Å². The number of fused-ring (bicyclic) bond motifs is 1. The Kier molecular flexibility index (Phi) is 3.03. The average molecular weight is 314 g/mol. The second kappa shape index (κ2) is 4.61. The number of nitrogens with two attached hydrogens (primary N) is 1. The summed E-state index contributed by atoms with van der Waals surface area (Å²) >= 11 is 11.8. The van der Waals surface area contributed by atoms with Gasteiger partial charge in [0, 0.05) is 10.0 Å². The van der Waals surface area contributed by atoms with Crippen LogP contribution in [-0.2, 0) is 0 Å². The van der Waals surface area contributed by atoms with E-state index in [0.29, 0.717) is 15.7 Å². The van der Waals surface area contributed by atoms with Crippen LogP contribution in [-0.4, -0.2) is 9.55 Å². The van der Waals surface area contributed by atoms with E-state index >= 15 is 0 Å². The highest BCUT2D eigenvalue weighted by atomic mass is 35.5. The van der Waals surface area contributed by atoms with Crippen molar-refractivity contribution in [1.29, 1.82) is 0 Å². The van der Waals surface area contributed by atoms with E-state index in [2.05, 4.69) is 4.98 Å². The number of nitrogen functional groups attached to an aromatic ring is 1. The summed E-state index contributed by atoms with van der Waals surface area (Å²) in [5, 5.41) is 0.705. The normalized spacial score (nSPS) is 11.2. The average Bonchev–Trinajstić information content (AvgIpc) is 2.70. The minimum absolute atomic E-state index is 0.0165. The van der Waals surface area contributed by atoms with E-state index in [0.717, 1.165) is 6.07 Å². The van der Waals surface area contributed by atoms with Gasteiger partial charge in [0.15, 0.2) is 11.6 Å². The Morgan fingerprint density at radius 1 is 1.05 bits per heavy atom. The van der Waals surface area contributed by atoms with Gasteiger partial charge in [-0.05, 0) is 30.3 Å². The summed E-state index contributed by atoms with van der Waals surface area (Å²) in [7, 11) is 0. The Hall–Kier alpha value is -1.85. The molecule has 0 saturated heterocycles. The van der Waals surface area contributed by atoms with Crippen molar-refractivity contribution >= 4 is 40.2 Å². The Bertz CT molecular complexity index is 810. The van der Waals surface area contributed by atoms with Gasteiger partial charge in [-0.3, -0.25) is 4.57 Å². The summed E-state index contributed by atoms with van der Waals surface area (Å²) in [5.74, 6) is -1.99. The van der Waals surface area contributed by atoms with Gasteiger partial charge in [-0.25, -0.2) is 13.8 Å². The Morgan fingerprint density at radius 2 is 1.70 bits per heavy atom. The standard InChI is InChI=1S/C13H7Cl2F2N3/c14-6-3-7(15)5-8(4-6)20-12-10(19-13(20)18)2-1-9(16)11(12)17/h1-5H,(H2,18,19). The van der Waals surface area contributed by atoms with Crippen LogP contribution in [0.4, 0.5) is 14.7 Å². The molecule has 0 fully saturated rings. The van der Waals surface area contributed by atoms with Crippen LogP contribution in [0, 0.1) is 11.6 Å². The topological polar surface area (TPSA) is 43.8 Å². The predicted octanol–water partition coefficient (Wildman–Crippen LogP) is 4.19. The van der Waals surface area contributed by atoms with E-state index in [9.17, 15) is 8.78 Å². The maximum Gasteiger partial charge on any atom is 0.206 e. The monoisotopic (exact) mass is 313 g/mol. The van der Waals surface area contributed by atoms with Gasteiger partial charge in [0.05, 0.1) is 11.2 Å². The van der Waals surface area contributed by atoms with Gasteiger partial charge in [-0.15, -0.1) is 0 Å². The fraction of sp³-hybridized carbons (Fsp3) is 0. The molecule has 0 spiro atoms. The van der Waals surface area contributed by atoms with Crippen molar-refractivity contribution in [1.82, 2.24) is 9.55 Å². The van der Waals surface area contributed by atoms with Gasteiger partial charge in [0.2, 0.25) is 5.95 Å². The van der Waals surface area contributed by atoms with Crippen molar-refractivity contribution in [2.75, 3.05) is 5.73 Å². The summed E-state index contributed by atoms with van der Waals surface area (Å²) < 4.78 is 28.7. The van der Waals surface area contributed by atoms with Gasteiger partial charge < -0.3 is 5.73 Å². The van der Waals surface area contributed by atoms with E-state index in [1.54, 1.807) is 0 Å². The van der Waals surface area contributed by atoms with E-state index in [1.807, 2.05) is 0 Å². The Labute approximate surface area is 122 Å². The minimum Gasteiger partial charge on any atom is -0.369 e. The number of hydrogen-bond donors (Lipinski definition) is 1. The molecule has 7 heteroatoms. The van der Waals surface area contributed by atoms with Crippen molar-refractivity contribution in [3.63, 3.8) is 0 Å². The largest absolute Gasteiger partial charge is 0.369 e. The molecule has 0 aliphatic heterocycles. The second-order valence-electron chi connectivity index (χ2n) is 4.16. The highest BCUT2D eigenvalue weighted by Gasteiger charge is 2.17. The maximum atomic E-state index is 14.0. The van der Waals surface area contributed by atoms with Gasteiger partial charge in [-0.1, -0.05) is 23.2 Å². The number of imidazole rings is 1. The van der Waals surface area contributed by atoms with Crippen LogP contribution < -0.4 is 5.73 Å². The van der Waals surface area contributed by atoms with Gasteiger partial charge in [0.25, 0.3) is 0 Å². The molecule has 0 bridgehead atoms. The first kappa shape index (κ1) is 13.1. The van der Waals surface area contributed by atoms with Crippen molar-refractivity contribution in [2.45, 2.75) is 0 Å². The maximum absolute atomic E-state index is 14.0. The number of halogens is 4. The molecule has 0 atom stereocenters. The SMILES string of the molecule is Nc1nc2ccc(F)c(F)c2n1-c1cc(Cl)cc(Cl)c1. The molecular weight excluding hydrogens is 307 g/mol. The molecule has 1 aromatic heterocycles. The third-order valence-corrected chi connectivity index (χ3v) is 3.28. The first-order valence-corrected chi connectivity index (χ1v) is 6.31. The third-order valence-electron chi connectivity index (χ3n) is 2.84. The Balaban J connectivity index is 2.41. The number of benzene rings is 2. The predicted molar refractivity (Wildman–Crippen MR) is 75.4 cm³/mol. The molecule has 3 nitrogen and oxygen atoms in total. The van der Waals surface area contributed by atoms with E-state index in [1.165, 1.54) is 28.8 Å². The van der Waals surface area contributed by atoms with Crippen LogP contribution >= 0.6 is 23.2 Å². The highest BCUT2D eigenvalue weighted by Crippen LogP contribution is 2.29. The second-order valence-corrected chi connectivity index (χ2v) is 5.04. The van der Waals surface area contributed by atoms with E-state index in [-0.39, 0.29) is 17.0 Å². The molecule has 0 saturated carbocycles. The lowest BCUT2D eigenvalue weighted by Crippen LogP contribution is -2.02. The number of aromatic nitrogens is 2. The molecule has 3 aromatic rings. The first-order chi connectivity index (χ1) is 9.47. The molecule has 0 unspecified atom stereocenters. The van der Waals surface area contributed by atoms with Crippen LogP contribution in [0.15, 0.2) is 30.3 Å². The number of rotatable bonds is 1. The summed E-state index contributed by atoms with van der Waals surface area (Å²) in [6.07, 6.45) is 0. The number of hydrogen-bond acceptors (Lipinski definition) is 2. The summed E-state index contributed by atoms with van der Waals surface area (Å²) in [5.41, 5.74) is 6.38. The van der Waals surface area contributed by atoms with Gasteiger partial charge in [-0.2, -0.15) is 0 Å². The molecule has 0 radical (unpaired) electrons. The van der Waals surface area contributed by atoms with Crippen LogP contribution in [0.1, 0.15) is 0 Å². The van der Waals surface area contributed by atoms with Crippen LogP contribution in [0.25, 0.3) is 16.7 Å². The lowest BCUT2D eigenvalue weighted by Gasteiger charge is -2.08. The quantitative estimate of drug-likeness (QED) is 0.732. The van der Waals surface area contributed by atoms with E-state index in [4.69, 9.17) is 28.9 Å². The number of nitrogens with zero attached hydrogens (tertiary/aromatic N) is 2. The molecule has 1 heterocycles. The molecule has 2 aromatic carbocycles. The zero-order chi connectivity index (χ0) is 14.4. The van der Waals surface area contributed by atoms with Gasteiger partial charge in [0.1, 0.15) is 5.52 Å². The fourth-order valence-electron chi connectivity index (χ4n) is 2.05. The van der Waals surface area contributed by atoms with Crippen LogP contribution in [0.2, 0.25) is 10.0 Å².